The summed E-state index contributed by atoms with van der Waals surface area (Å²) in [6, 6.07) is 8.60. The summed E-state index contributed by atoms with van der Waals surface area (Å²) < 4.78 is 5.43. The molecule has 2 nitrogen and oxygen atoms in total. The van der Waals surface area contributed by atoms with Gasteiger partial charge in [0.2, 0.25) is 0 Å². The molecule has 0 N–H and O–H groups in total. The molecule has 20 heavy (non-hydrogen) atoms. The highest BCUT2D eigenvalue weighted by Gasteiger charge is 2.18. The van der Waals surface area contributed by atoms with Gasteiger partial charge in [-0.3, -0.25) is 4.79 Å². The molecule has 0 heterocycles. The Bertz CT molecular complexity index is 462. The van der Waals surface area contributed by atoms with Gasteiger partial charge in [-0.25, -0.2) is 0 Å². The highest BCUT2D eigenvalue weighted by molar-refractivity contribution is 5.80. The first kappa shape index (κ1) is 15.0. The molecule has 1 aromatic carbocycles. The van der Waals surface area contributed by atoms with Crippen molar-refractivity contribution in [3.8, 4) is 0 Å². The fourth-order valence-corrected chi connectivity index (χ4v) is 2.64. The first-order chi connectivity index (χ1) is 9.78. The molecule has 0 aliphatic heterocycles. The number of benzene rings is 1. The van der Waals surface area contributed by atoms with Gasteiger partial charge in [0.1, 0.15) is 5.78 Å². The van der Waals surface area contributed by atoms with Crippen LogP contribution in [0.5, 0.6) is 0 Å². The second-order valence-electron chi connectivity index (χ2n) is 5.47. The maximum atomic E-state index is 11.2. The average molecular weight is 272 g/mol. The summed E-state index contributed by atoms with van der Waals surface area (Å²) in [5.74, 6) is 0.912. The van der Waals surface area contributed by atoms with Gasteiger partial charge in [-0.2, -0.15) is 0 Å². The summed E-state index contributed by atoms with van der Waals surface area (Å²) in [5.41, 5.74) is 2.60. The zero-order chi connectivity index (χ0) is 14.2. The lowest BCUT2D eigenvalue weighted by atomic mass is 10.0. The van der Waals surface area contributed by atoms with E-state index in [1.807, 2.05) is 6.92 Å². The van der Waals surface area contributed by atoms with Crippen molar-refractivity contribution in [3.05, 3.63) is 47.5 Å². The number of carbonyl (C=O) groups is 1. The van der Waals surface area contributed by atoms with E-state index in [1.165, 1.54) is 11.1 Å². The van der Waals surface area contributed by atoms with Crippen LogP contribution in [0.4, 0.5) is 0 Å². The van der Waals surface area contributed by atoms with E-state index in [0.29, 0.717) is 18.3 Å². The lowest BCUT2D eigenvalue weighted by Gasteiger charge is -2.05. The van der Waals surface area contributed by atoms with Crippen LogP contribution in [-0.2, 0) is 22.6 Å². The minimum atomic E-state index is 0.420. The van der Waals surface area contributed by atoms with Gasteiger partial charge in [0.15, 0.2) is 0 Å². The predicted molar refractivity (Wildman–Crippen MR) is 81.6 cm³/mol. The number of carbonyl (C=O) groups excluding carboxylic acids is 1. The van der Waals surface area contributed by atoms with Crippen LogP contribution >= 0.6 is 0 Å². The van der Waals surface area contributed by atoms with E-state index < -0.39 is 0 Å². The van der Waals surface area contributed by atoms with Crippen LogP contribution in [0, 0.1) is 5.92 Å². The average Bonchev–Trinajstić information content (AvgIpc) is 2.87. The number of rotatable bonds is 7. The summed E-state index contributed by atoms with van der Waals surface area (Å²) in [7, 11) is 0. The maximum absolute atomic E-state index is 11.2. The highest BCUT2D eigenvalue weighted by atomic mass is 16.5. The molecule has 0 aromatic heterocycles. The third-order valence-electron chi connectivity index (χ3n) is 3.76. The van der Waals surface area contributed by atoms with Crippen molar-refractivity contribution < 1.29 is 9.53 Å². The predicted octanol–water partition coefficient (Wildman–Crippen LogP) is 4.08. The summed E-state index contributed by atoms with van der Waals surface area (Å²) in [5, 5.41) is 0. The first-order valence-corrected chi connectivity index (χ1v) is 7.62. The molecule has 108 valence electrons. The summed E-state index contributed by atoms with van der Waals surface area (Å²) in [6.07, 6.45) is 9.13. The number of Topliss-reactive ketones (excluding diaryl/α,β-unsaturated/α-hetero) is 1. The molecule has 0 saturated heterocycles. The summed E-state index contributed by atoms with van der Waals surface area (Å²) in [4.78, 5) is 11.2. The van der Waals surface area contributed by atoms with Crippen LogP contribution in [-0.4, -0.2) is 12.4 Å². The molecule has 1 saturated carbocycles. The monoisotopic (exact) mass is 272 g/mol. The van der Waals surface area contributed by atoms with Crippen LogP contribution < -0.4 is 0 Å². The summed E-state index contributed by atoms with van der Waals surface area (Å²) in [6.45, 7) is 3.47. The second kappa shape index (κ2) is 8.01. The quantitative estimate of drug-likeness (QED) is 0.699. The van der Waals surface area contributed by atoms with Gasteiger partial charge in [-0.05, 0) is 43.2 Å². The number of aryl methyl sites for hydroxylation is 1. The largest absolute Gasteiger partial charge is 0.377 e. The lowest BCUT2D eigenvalue weighted by Crippen LogP contribution is -1.93. The molecule has 0 spiro atoms. The number of allylic oxidation sites excluding steroid dienone is 2. The van der Waals surface area contributed by atoms with Crippen molar-refractivity contribution in [1.29, 1.82) is 0 Å². The molecule has 0 bridgehead atoms. The zero-order valence-corrected chi connectivity index (χ0v) is 12.3. The smallest absolute Gasteiger partial charge is 0.133 e. The molecule has 2 rings (SSSR count). The Hall–Kier alpha value is -1.41. The summed E-state index contributed by atoms with van der Waals surface area (Å²) >= 11 is 0. The van der Waals surface area contributed by atoms with Crippen LogP contribution in [0.2, 0.25) is 0 Å². The third kappa shape index (κ3) is 4.93. The Kier molecular flexibility index (Phi) is 6.00. The molecule has 0 amide bonds. The van der Waals surface area contributed by atoms with Crippen molar-refractivity contribution >= 4 is 5.78 Å². The molecule has 1 atom stereocenters. The first-order valence-electron chi connectivity index (χ1n) is 7.62. The van der Waals surface area contributed by atoms with E-state index >= 15 is 0 Å². The highest BCUT2D eigenvalue weighted by Crippen LogP contribution is 2.23. The van der Waals surface area contributed by atoms with E-state index in [0.717, 1.165) is 38.7 Å². The standard InChI is InChI=1S/C18H24O2/c1-2-20-14-17-9-5-8-15(12-17)6-3-4-7-16-10-11-18(19)13-16/h4-5,7-9,12,16H,2-3,6,10-11,13-14H2,1H3/b7-4+. The van der Waals surface area contributed by atoms with Crippen molar-refractivity contribution in [2.75, 3.05) is 6.61 Å². The zero-order valence-electron chi connectivity index (χ0n) is 12.3. The number of ether oxygens (including phenoxy) is 1. The topological polar surface area (TPSA) is 26.3 Å². The fraction of sp³-hybridized carbons (Fsp3) is 0.500. The molecule has 2 heteroatoms. The van der Waals surface area contributed by atoms with Crippen molar-refractivity contribution in [2.24, 2.45) is 5.92 Å². The molecule has 0 radical (unpaired) electrons. The van der Waals surface area contributed by atoms with Gasteiger partial charge < -0.3 is 4.74 Å². The molecular weight excluding hydrogens is 248 g/mol. The van der Waals surface area contributed by atoms with Crippen molar-refractivity contribution in [2.45, 2.75) is 45.6 Å². The Morgan fingerprint density at radius 2 is 2.20 bits per heavy atom. The van der Waals surface area contributed by atoms with Crippen LogP contribution in [0.15, 0.2) is 36.4 Å². The third-order valence-corrected chi connectivity index (χ3v) is 3.76. The Morgan fingerprint density at radius 3 is 2.95 bits per heavy atom. The molecule has 1 aromatic rings. The van der Waals surface area contributed by atoms with Gasteiger partial charge in [0.05, 0.1) is 6.61 Å². The molecule has 1 fully saturated rings. The van der Waals surface area contributed by atoms with E-state index in [-0.39, 0.29) is 0 Å². The molecule has 1 aliphatic rings. The van der Waals surface area contributed by atoms with E-state index in [2.05, 4.69) is 36.4 Å². The van der Waals surface area contributed by atoms with Crippen LogP contribution in [0.1, 0.15) is 43.7 Å². The van der Waals surface area contributed by atoms with Gasteiger partial charge in [0, 0.05) is 19.4 Å². The van der Waals surface area contributed by atoms with Gasteiger partial charge in [0.25, 0.3) is 0 Å². The van der Waals surface area contributed by atoms with Gasteiger partial charge in [-0.1, -0.05) is 36.4 Å². The van der Waals surface area contributed by atoms with Crippen molar-refractivity contribution in [1.82, 2.24) is 0 Å². The molecular formula is C18H24O2. The Balaban J connectivity index is 1.76. The van der Waals surface area contributed by atoms with E-state index in [1.54, 1.807) is 0 Å². The number of hydrogen-bond donors (Lipinski definition) is 0. The minimum absolute atomic E-state index is 0.420. The van der Waals surface area contributed by atoms with Gasteiger partial charge >= 0.3 is 0 Å². The van der Waals surface area contributed by atoms with Gasteiger partial charge in [-0.15, -0.1) is 0 Å². The molecule has 1 unspecified atom stereocenters. The lowest BCUT2D eigenvalue weighted by molar-refractivity contribution is -0.117. The minimum Gasteiger partial charge on any atom is -0.377 e. The fourth-order valence-electron chi connectivity index (χ4n) is 2.64. The van der Waals surface area contributed by atoms with Crippen LogP contribution in [0.3, 0.4) is 0 Å². The Morgan fingerprint density at radius 1 is 1.35 bits per heavy atom. The van der Waals surface area contributed by atoms with Crippen LogP contribution in [0.25, 0.3) is 0 Å². The van der Waals surface area contributed by atoms with E-state index in [9.17, 15) is 4.79 Å². The van der Waals surface area contributed by atoms with E-state index in [4.69, 9.17) is 4.74 Å². The van der Waals surface area contributed by atoms with Crippen molar-refractivity contribution in [3.63, 3.8) is 0 Å². The molecule has 1 aliphatic carbocycles. The number of hydrogen-bond acceptors (Lipinski definition) is 2. The number of ketones is 1. The maximum Gasteiger partial charge on any atom is 0.133 e. The SMILES string of the molecule is CCOCc1cccc(CC/C=C/C2CCC(=O)C2)c1. The second-order valence-corrected chi connectivity index (χ2v) is 5.47. The Labute approximate surface area is 121 Å². The normalized spacial score (nSPS) is 19.1.